The molecule has 22 heavy (non-hydrogen) atoms. The van der Waals surface area contributed by atoms with Gasteiger partial charge in [0.2, 0.25) is 5.75 Å². The van der Waals surface area contributed by atoms with Crippen molar-refractivity contribution in [3.05, 3.63) is 18.0 Å². The Morgan fingerprint density at radius 1 is 1.00 bits per heavy atom. The Morgan fingerprint density at radius 3 is 2.55 bits per heavy atom. The molecular formula is C15H20N4O3. The minimum Gasteiger partial charge on any atom is -0.493 e. The van der Waals surface area contributed by atoms with Gasteiger partial charge in [0.1, 0.15) is 5.82 Å². The van der Waals surface area contributed by atoms with Gasteiger partial charge in [0.05, 0.1) is 26.9 Å². The molecule has 0 saturated carbocycles. The highest BCUT2D eigenvalue weighted by atomic mass is 16.5. The average molecular weight is 304 g/mol. The maximum Gasteiger partial charge on any atom is 0.204 e. The van der Waals surface area contributed by atoms with E-state index in [1.54, 1.807) is 21.3 Å². The van der Waals surface area contributed by atoms with Gasteiger partial charge in [-0.2, -0.15) is 0 Å². The van der Waals surface area contributed by atoms with E-state index in [2.05, 4.69) is 20.1 Å². The molecule has 0 aliphatic carbocycles. The van der Waals surface area contributed by atoms with Crippen molar-refractivity contribution in [2.45, 2.75) is 13.0 Å². The van der Waals surface area contributed by atoms with Gasteiger partial charge in [-0.25, -0.2) is 0 Å². The lowest BCUT2D eigenvalue weighted by Gasteiger charge is -2.16. The molecule has 0 atom stereocenters. The molecule has 1 aliphatic rings. The zero-order valence-electron chi connectivity index (χ0n) is 13.0. The minimum atomic E-state index is 0.562. The highest BCUT2D eigenvalue weighted by Crippen LogP contribution is 2.43. The van der Waals surface area contributed by atoms with Crippen LogP contribution in [0.1, 0.15) is 5.82 Å². The highest BCUT2D eigenvalue weighted by molar-refractivity contribution is 5.72. The molecule has 7 heteroatoms. The molecule has 7 nitrogen and oxygen atoms in total. The summed E-state index contributed by atoms with van der Waals surface area (Å²) in [6.45, 7) is 2.64. The van der Waals surface area contributed by atoms with Crippen LogP contribution in [-0.2, 0) is 13.0 Å². The van der Waals surface area contributed by atoms with E-state index in [0.29, 0.717) is 17.2 Å². The van der Waals surface area contributed by atoms with E-state index in [1.165, 1.54) is 0 Å². The van der Waals surface area contributed by atoms with Crippen LogP contribution in [0.25, 0.3) is 11.4 Å². The van der Waals surface area contributed by atoms with E-state index in [1.807, 2.05) is 12.1 Å². The summed E-state index contributed by atoms with van der Waals surface area (Å²) in [5.41, 5.74) is 0.848. The standard InChI is InChI=1S/C15H20N4O3/c1-20-11-5-4-10(13(21-2)14(11)22-3)15-18-17-12-6-7-16-8-9-19(12)15/h4-5,16H,6-9H2,1-3H3. The van der Waals surface area contributed by atoms with Gasteiger partial charge >= 0.3 is 0 Å². The Hall–Kier alpha value is -2.28. The molecule has 2 heterocycles. The maximum absolute atomic E-state index is 5.55. The van der Waals surface area contributed by atoms with Crippen LogP contribution in [0.3, 0.4) is 0 Å². The van der Waals surface area contributed by atoms with Gasteiger partial charge in [0, 0.05) is 26.1 Å². The highest BCUT2D eigenvalue weighted by Gasteiger charge is 2.23. The summed E-state index contributed by atoms with van der Waals surface area (Å²) in [5.74, 6) is 3.56. The SMILES string of the molecule is COc1ccc(-c2nnc3n2CCNCC3)c(OC)c1OC. The molecule has 118 valence electrons. The normalized spacial score (nSPS) is 14.1. The van der Waals surface area contributed by atoms with Crippen LogP contribution in [0.5, 0.6) is 17.2 Å². The number of aromatic nitrogens is 3. The van der Waals surface area contributed by atoms with Crippen LogP contribution in [0.2, 0.25) is 0 Å². The number of fused-ring (bicyclic) bond motifs is 1. The van der Waals surface area contributed by atoms with Crippen LogP contribution >= 0.6 is 0 Å². The van der Waals surface area contributed by atoms with Crippen molar-refractivity contribution in [1.29, 1.82) is 0 Å². The predicted molar refractivity (Wildman–Crippen MR) is 81.7 cm³/mol. The first-order valence-electron chi connectivity index (χ1n) is 7.22. The lowest BCUT2D eigenvalue weighted by atomic mass is 10.1. The van der Waals surface area contributed by atoms with Gasteiger partial charge in [0.25, 0.3) is 0 Å². The first-order chi connectivity index (χ1) is 10.8. The van der Waals surface area contributed by atoms with Gasteiger partial charge in [-0.05, 0) is 12.1 Å². The predicted octanol–water partition coefficient (Wildman–Crippen LogP) is 1.12. The zero-order chi connectivity index (χ0) is 15.5. The Labute approximate surface area is 129 Å². The molecular weight excluding hydrogens is 284 g/mol. The van der Waals surface area contributed by atoms with Crippen LogP contribution < -0.4 is 19.5 Å². The second-order valence-corrected chi connectivity index (χ2v) is 4.97. The van der Waals surface area contributed by atoms with Crippen LogP contribution in [0, 0.1) is 0 Å². The molecule has 1 aromatic carbocycles. The van der Waals surface area contributed by atoms with E-state index < -0.39 is 0 Å². The summed E-state index contributed by atoms with van der Waals surface area (Å²) in [6, 6.07) is 3.78. The fraction of sp³-hybridized carbons (Fsp3) is 0.467. The van der Waals surface area contributed by atoms with E-state index in [4.69, 9.17) is 14.2 Å². The van der Waals surface area contributed by atoms with Crippen molar-refractivity contribution in [1.82, 2.24) is 20.1 Å². The van der Waals surface area contributed by atoms with Crippen LogP contribution in [0.15, 0.2) is 12.1 Å². The summed E-state index contributed by atoms with van der Waals surface area (Å²) in [5, 5.41) is 12.0. The zero-order valence-corrected chi connectivity index (χ0v) is 13.0. The van der Waals surface area contributed by atoms with Crippen molar-refractivity contribution in [3.8, 4) is 28.6 Å². The number of methoxy groups -OCH3 is 3. The smallest absolute Gasteiger partial charge is 0.204 e. The number of benzene rings is 1. The Balaban J connectivity index is 2.14. The summed E-state index contributed by atoms with van der Waals surface area (Å²) in [7, 11) is 4.81. The first kappa shape index (κ1) is 14.6. The Kier molecular flexibility index (Phi) is 4.15. The Bertz CT molecular complexity index is 669. The summed E-state index contributed by atoms with van der Waals surface area (Å²) in [6.07, 6.45) is 0.864. The monoisotopic (exact) mass is 304 g/mol. The fourth-order valence-electron chi connectivity index (χ4n) is 2.75. The molecule has 1 aliphatic heterocycles. The van der Waals surface area contributed by atoms with Crippen molar-refractivity contribution in [2.75, 3.05) is 34.4 Å². The molecule has 0 fully saturated rings. The summed E-state index contributed by atoms with van der Waals surface area (Å²) in [4.78, 5) is 0. The third-order valence-corrected chi connectivity index (χ3v) is 3.81. The van der Waals surface area contributed by atoms with Gasteiger partial charge in [-0.3, -0.25) is 0 Å². The van der Waals surface area contributed by atoms with Gasteiger partial charge < -0.3 is 24.1 Å². The van der Waals surface area contributed by atoms with Gasteiger partial charge in [-0.1, -0.05) is 0 Å². The third-order valence-electron chi connectivity index (χ3n) is 3.81. The van der Waals surface area contributed by atoms with E-state index in [-0.39, 0.29) is 0 Å². The molecule has 0 unspecified atom stereocenters. The topological polar surface area (TPSA) is 70.4 Å². The van der Waals surface area contributed by atoms with Crippen LogP contribution in [-0.4, -0.2) is 49.2 Å². The van der Waals surface area contributed by atoms with Crippen molar-refractivity contribution < 1.29 is 14.2 Å². The Morgan fingerprint density at radius 2 is 1.82 bits per heavy atom. The quantitative estimate of drug-likeness (QED) is 0.912. The molecule has 3 rings (SSSR count). The van der Waals surface area contributed by atoms with Crippen molar-refractivity contribution >= 4 is 0 Å². The van der Waals surface area contributed by atoms with Gasteiger partial charge in [0.15, 0.2) is 17.3 Å². The van der Waals surface area contributed by atoms with Crippen LogP contribution in [0.4, 0.5) is 0 Å². The molecule has 0 saturated heterocycles. The lowest BCUT2D eigenvalue weighted by molar-refractivity contribution is 0.325. The summed E-state index contributed by atoms with van der Waals surface area (Å²) < 4.78 is 18.5. The fourth-order valence-corrected chi connectivity index (χ4v) is 2.75. The second kappa shape index (κ2) is 6.23. The molecule has 2 aromatic rings. The van der Waals surface area contributed by atoms with Gasteiger partial charge in [-0.15, -0.1) is 10.2 Å². The largest absolute Gasteiger partial charge is 0.493 e. The van der Waals surface area contributed by atoms with E-state index in [9.17, 15) is 0 Å². The number of ether oxygens (including phenoxy) is 3. The van der Waals surface area contributed by atoms with E-state index in [0.717, 1.165) is 43.3 Å². The molecule has 0 bridgehead atoms. The second-order valence-electron chi connectivity index (χ2n) is 4.97. The minimum absolute atomic E-state index is 0.562. The molecule has 0 spiro atoms. The number of hydrogen-bond donors (Lipinski definition) is 1. The molecule has 1 aromatic heterocycles. The maximum atomic E-state index is 5.55. The van der Waals surface area contributed by atoms with Crippen molar-refractivity contribution in [3.63, 3.8) is 0 Å². The third kappa shape index (κ3) is 2.37. The molecule has 1 N–H and O–H groups in total. The average Bonchev–Trinajstić information content (AvgIpc) is 2.81. The molecule has 0 radical (unpaired) electrons. The van der Waals surface area contributed by atoms with Crippen molar-refractivity contribution in [2.24, 2.45) is 0 Å². The first-order valence-corrected chi connectivity index (χ1v) is 7.22. The number of nitrogens with one attached hydrogen (secondary N) is 1. The molecule has 0 amide bonds. The van der Waals surface area contributed by atoms with E-state index >= 15 is 0 Å². The number of hydrogen-bond acceptors (Lipinski definition) is 6. The number of rotatable bonds is 4. The lowest BCUT2D eigenvalue weighted by Crippen LogP contribution is -2.17. The number of nitrogens with zero attached hydrogens (tertiary/aromatic N) is 3. The summed E-state index contributed by atoms with van der Waals surface area (Å²) >= 11 is 0.